The molecule has 0 radical (unpaired) electrons. The number of nitro groups is 1. The standard InChI is InChI=1S/C12H13ClFNO2/c13-10-3-1-2-9(10)6-8-4-5-12(15(16)17)11(14)7-8/h4-5,7,9-10H,1-3,6H2. The maximum absolute atomic E-state index is 13.4. The zero-order valence-corrected chi connectivity index (χ0v) is 9.99. The Morgan fingerprint density at radius 1 is 1.47 bits per heavy atom. The van der Waals surface area contributed by atoms with E-state index in [1.165, 1.54) is 12.1 Å². The summed E-state index contributed by atoms with van der Waals surface area (Å²) in [6.07, 6.45) is 3.85. The Bertz CT molecular complexity index is 439. The number of nitro benzene ring substituents is 1. The minimum Gasteiger partial charge on any atom is -0.258 e. The maximum atomic E-state index is 13.4. The van der Waals surface area contributed by atoms with Gasteiger partial charge in [0.2, 0.25) is 5.82 Å². The molecule has 0 bridgehead atoms. The zero-order valence-electron chi connectivity index (χ0n) is 9.23. The van der Waals surface area contributed by atoms with Crippen LogP contribution >= 0.6 is 11.6 Å². The third kappa shape index (κ3) is 2.75. The number of nitrogens with zero attached hydrogens (tertiary/aromatic N) is 1. The summed E-state index contributed by atoms with van der Waals surface area (Å²) >= 11 is 6.15. The molecule has 0 amide bonds. The zero-order chi connectivity index (χ0) is 12.4. The number of halogens is 2. The molecule has 1 fully saturated rings. The molecule has 1 aliphatic rings. The fourth-order valence-electron chi connectivity index (χ4n) is 2.35. The fraction of sp³-hybridized carbons (Fsp3) is 0.500. The van der Waals surface area contributed by atoms with Crippen LogP contribution < -0.4 is 0 Å². The van der Waals surface area contributed by atoms with Gasteiger partial charge in [-0.3, -0.25) is 10.1 Å². The molecule has 0 N–H and O–H groups in total. The van der Waals surface area contributed by atoms with Crippen LogP contribution in [-0.4, -0.2) is 10.3 Å². The van der Waals surface area contributed by atoms with Gasteiger partial charge in [-0.05, 0) is 36.8 Å². The summed E-state index contributed by atoms with van der Waals surface area (Å²) < 4.78 is 13.4. The molecule has 2 unspecified atom stereocenters. The molecule has 0 saturated heterocycles. The molecule has 2 atom stereocenters. The fourth-order valence-corrected chi connectivity index (χ4v) is 2.72. The smallest absolute Gasteiger partial charge is 0.258 e. The summed E-state index contributed by atoms with van der Waals surface area (Å²) in [5.74, 6) is -0.408. The molecule has 3 nitrogen and oxygen atoms in total. The summed E-state index contributed by atoms with van der Waals surface area (Å²) in [5.41, 5.74) is 0.313. The normalized spacial score (nSPS) is 23.9. The number of hydrogen-bond acceptors (Lipinski definition) is 2. The molecule has 5 heteroatoms. The van der Waals surface area contributed by atoms with E-state index in [-0.39, 0.29) is 5.38 Å². The highest BCUT2D eigenvalue weighted by Crippen LogP contribution is 2.33. The van der Waals surface area contributed by atoms with Crippen LogP contribution in [-0.2, 0) is 6.42 Å². The topological polar surface area (TPSA) is 43.1 Å². The summed E-state index contributed by atoms with van der Waals surface area (Å²) in [6.45, 7) is 0. The SMILES string of the molecule is O=[N+]([O-])c1ccc(CC2CCCC2Cl)cc1F. The van der Waals surface area contributed by atoms with Crippen molar-refractivity contribution in [2.75, 3.05) is 0 Å². The highest BCUT2D eigenvalue weighted by molar-refractivity contribution is 6.20. The molecule has 92 valence electrons. The highest BCUT2D eigenvalue weighted by Gasteiger charge is 2.26. The molecule has 1 aromatic carbocycles. The van der Waals surface area contributed by atoms with Crippen molar-refractivity contribution >= 4 is 17.3 Å². The van der Waals surface area contributed by atoms with Gasteiger partial charge in [-0.15, -0.1) is 11.6 Å². The molecular weight excluding hydrogens is 245 g/mol. The first-order valence-corrected chi connectivity index (χ1v) is 6.08. The van der Waals surface area contributed by atoms with Gasteiger partial charge in [0.05, 0.1) is 4.92 Å². The number of benzene rings is 1. The monoisotopic (exact) mass is 257 g/mol. The molecule has 1 aliphatic carbocycles. The van der Waals surface area contributed by atoms with E-state index in [9.17, 15) is 14.5 Å². The van der Waals surface area contributed by atoms with Gasteiger partial charge in [-0.2, -0.15) is 4.39 Å². The lowest BCUT2D eigenvalue weighted by molar-refractivity contribution is -0.387. The second kappa shape index (κ2) is 5.00. The van der Waals surface area contributed by atoms with E-state index in [0.29, 0.717) is 12.3 Å². The van der Waals surface area contributed by atoms with E-state index in [1.54, 1.807) is 6.07 Å². The lowest BCUT2D eigenvalue weighted by Crippen LogP contribution is -2.10. The molecule has 1 aromatic rings. The minimum absolute atomic E-state index is 0.147. The van der Waals surface area contributed by atoms with Crippen molar-refractivity contribution in [3.8, 4) is 0 Å². The molecule has 2 rings (SSSR count). The van der Waals surface area contributed by atoms with Gasteiger partial charge in [0.25, 0.3) is 0 Å². The van der Waals surface area contributed by atoms with Crippen LogP contribution in [0.1, 0.15) is 24.8 Å². The van der Waals surface area contributed by atoms with Crippen molar-refractivity contribution < 1.29 is 9.31 Å². The predicted octanol–water partition coefficient (Wildman–Crippen LogP) is 3.68. The van der Waals surface area contributed by atoms with Crippen LogP contribution in [0.4, 0.5) is 10.1 Å². The lowest BCUT2D eigenvalue weighted by Gasteiger charge is -2.13. The average molecular weight is 258 g/mol. The highest BCUT2D eigenvalue weighted by atomic mass is 35.5. The quantitative estimate of drug-likeness (QED) is 0.471. The van der Waals surface area contributed by atoms with E-state index in [2.05, 4.69) is 0 Å². The van der Waals surface area contributed by atoms with Crippen molar-refractivity contribution in [2.45, 2.75) is 31.1 Å². The summed E-state index contributed by atoms with van der Waals surface area (Å²) in [7, 11) is 0. The Balaban J connectivity index is 2.12. The Labute approximate surface area is 104 Å². The van der Waals surface area contributed by atoms with Gasteiger partial charge < -0.3 is 0 Å². The second-order valence-corrected chi connectivity index (χ2v) is 5.01. The first-order valence-electron chi connectivity index (χ1n) is 5.65. The van der Waals surface area contributed by atoms with E-state index < -0.39 is 16.4 Å². The van der Waals surface area contributed by atoms with Gasteiger partial charge >= 0.3 is 5.69 Å². The first-order chi connectivity index (χ1) is 8.08. The van der Waals surface area contributed by atoms with Crippen LogP contribution in [0, 0.1) is 21.8 Å². The third-order valence-electron chi connectivity index (χ3n) is 3.27. The van der Waals surface area contributed by atoms with E-state index >= 15 is 0 Å². The van der Waals surface area contributed by atoms with Crippen LogP contribution in [0.25, 0.3) is 0 Å². The molecule has 1 saturated carbocycles. The van der Waals surface area contributed by atoms with Gasteiger partial charge in [-0.25, -0.2) is 0 Å². The average Bonchev–Trinajstić information content (AvgIpc) is 2.64. The van der Waals surface area contributed by atoms with Gasteiger partial charge in [-0.1, -0.05) is 12.5 Å². The van der Waals surface area contributed by atoms with Gasteiger partial charge in [0.1, 0.15) is 0 Å². The third-order valence-corrected chi connectivity index (χ3v) is 3.85. The van der Waals surface area contributed by atoms with E-state index in [4.69, 9.17) is 11.6 Å². The number of rotatable bonds is 3. The van der Waals surface area contributed by atoms with Crippen molar-refractivity contribution in [1.29, 1.82) is 0 Å². The van der Waals surface area contributed by atoms with Crippen molar-refractivity contribution in [3.05, 3.63) is 39.7 Å². The van der Waals surface area contributed by atoms with Crippen LogP contribution in [0.5, 0.6) is 0 Å². The predicted molar refractivity (Wildman–Crippen MR) is 63.7 cm³/mol. The summed E-state index contributed by atoms with van der Waals surface area (Å²) in [6, 6.07) is 4.09. The molecule has 0 spiro atoms. The lowest BCUT2D eigenvalue weighted by atomic mass is 9.97. The van der Waals surface area contributed by atoms with Crippen molar-refractivity contribution in [3.63, 3.8) is 0 Å². The first kappa shape index (κ1) is 12.3. The minimum atomic E-state index is -0.767. The van der Waals surface area contributed by atoms with Gasteiger partial charge in [0.15, 0.2) is 0 Å². The van der Waals surface area contributed by atoms with Crippen molar-refractivity contribution in [1.82, 2.24) is 0 Å². The Kier molecular flexibility index (Phi) is 3.62. The van der Waals surface area contributed by atoms with Crippen LogP contribution in [0.2, 0.25) is 0 Å². The molecular formula is C12H13ClFNO2. The van der Waals surface area contributed by atoms with E-state index in [0.717, 1.165) is 24.8 Å². The summed E-state index contributed by atoms with van der Waals surface area (Å²) in [4.78, 5) is 9.76. The molecule has 17 heavy (non-hydrogen) atoms. The molecule has 0 aliphatic heterocycles. The number of hydrogen-bond donors (Lipinski definition) is 0. The molecule has 0 heterocycles. The largest absolute Gasteiger partial charge is 0.304 e. The number of alkyl halides is 1. The van der Waals surface area contributed by atoms with Crippen LogP contribution in [0.3, 0.4) is 0 Å². The van der Waals surface area contributed by atoms with Gasteiger partial charge in [0, 0.05) is 11.4 Å². The molecule has 0 aromatic heterocycles. The summed E-state index contributed by atoms with van der Waals surface area (Å²) in [5, 5.41) is 10.6. The Morgan fingerprint density at radius 2 is 2.24 bits per heavy atom. The maximum Gasteiger partial charge on any atom is 0.304 e. The second-order valence-electron chi connectivity index (χ2n) is 4.45. The van der Waals surface area contributed by atoms with E-state index in [1.807, 2.05) is 0 Å². The van der Waals surface area contributed by atoms with Crippen LogP contribution in [0.15, 0.2) is 18.2 Å². The Morgan fingerprint density at radius 3 is 2.76 bits per heavy atom. The Hall–Kier alpha value is -1.16. The van der Waals surface area contributed by atoms with Crippen molar-refractivity contribution in [2.24, 2.45) is 5.92 Å².